The van der Waals surface area contributed by atoms with Crippen LogP contribution in [0.5, 0.6) is 0 Å². The van der Waals surface area contributed by atoms with Crippen molar-refractivity contribution in [3.05, 3.63) is 174 Å². The minimum Gasteiger partial charge on any atom is -0.310 e. The van der Waals surface area contributed by atoms with E-state index in [0.29, 0.717) is 0 Å². The lowest BCUT2D eigenvalue weighted by molar-refractivity contribution is 1.23. The van der Waals surface area contributed by atoms with E-state index in [-0.39, 0.29) is 0 Å². The smallest absolute Gasteiger partial charge is 0.0616 e. The molecular formula is C41H36N2. The standard InChI is InChI=1S/C41H36N2/c1-5-6-25-37-32(4)40(42(33-19-9-7-10-20-33)35-23-15-17-30(2)28-35)38-26-13-14-27-39(38)41(37)43(34-21-11-8-12-22-34)36-24-16-18-31(3)29-36/h5-29H,1H2,2-4H3/b25-6-. The maximum atomic E-state index is 4.02. The summed E-state index contributed by atoms with van der Waals surface area (Å²) in [5, 5.41) is 2.36. The predicted octanol–water partition coefficient (Wildman–Crippen LogP) is 11.9. The van der Waals surface area contributed by atoms with Gasteiger partial charge in [0.15, 0.2) is 0 Å². The van der Waals surface area contributed by atoms with Gasteiger partial charge in [-0.1, -0.05) is 110 Å². The SMILES string of the molecule is C=C/C=C\c1c(C)c(N(c2ccccc2)c2cccc(C)c2)c2ccccc2c1N(c1ccccc1)c1cccc(C)c1. The zero-order valence-electron chi connectivity index (χ0n) is 25.0. The lowest BCUT2D eigenvalue weighted by atomic mass is 9.93. The van der Waals surface area contributed by atoms with Crippen LogP contribution in [0.15, 0.2) is 152 Å². The number of aryl methyl sites for hydroxylation is 2. The zero-order valence-corrected chi connectivity index (χ0v) is 25.0. The number of rotatable bonds is 8. The van der Waals surface area contributed by atoms with Crippen LogP contribution in [0.25, 0.3) is 16.8 Å². The molecule has 43 heavy (non-hydrogen) atoms. The minimum absolute atomic E-state index is 1.11. The Balaban J connectivity index is 1.76. The van der Waals surface area contributed by atoms with Gasteiger partial charge in [0.1, 0.15) is 0 Å². The predicted molar refractivity (Wildman–Crippen MR) is 187 cm³/mol. The van der Waals surface area contributed by atoms with E-state index < -0.39 is 0 Å². The molecule has 6 aromatic carbocycles. The molecule has 0 saturated heterocycles. The number of benzene rings is 6. The molecule has 2 heteroatoms. The molecule has 0 aliphatic carbocycles. The molecule has 0 bridgehead atoms. The van der Waals surface area contributed by atoms with Gasteiger partial charge in [-0.25, -0.2) is 0 Å². The summed E-state index contributed by atoms with van der Waals surface area (Å²) in [5.41, 5.74) is 11.6. The Morgan fingerprint density at radius 3 is 1.42 bits per heavy atom. The second kappa shape index (κ2) is 12.3. The third kappa shape index (κ3) is 5.48. The van der Waals surface area contributed by atoms with Crippen LogP contribution in [0.4, 0.5) is 34.1 Å². The summed E-state index contributed by atoms with van der Waals surface area (Å²) in [6.45, 7) is 10.6. The molecule has 0 amide bonds. The molecule has 0 atom stereocenters. The molecule has 0 aliphatic heterocycles. The van der Waals surface area contributed by atoms with E-state index in [4.69, 9.17) is 0 Å². The van der Waals surface area contributed by atoms with E-state index in [0.717, 1.165) is 39.7 Å². The number of nitrogens with zero attached hydrogens (tertiary/aromatic N) is 2. The molecule has 0 heterocycles. The highest BCUT2D eigenvalue weighted by atomic mass is 15.2. The fourth-order valence-electron chi connectivity index (χ4n) is 5.95. The fourth-order valence-corrected chi connectivity index (χ4v) is 5.95. The first-order valence-electron chi connectivity index (χ1n) is 14.7. The van der Waals surface area contributed by atoms with Gasteiger partial charge in [-0.3, -0.25) is 0 Å². The van der Waals surface area contributed by atoms with Crippen molar-refractivity contribution in [3.8, 4) is 0 Å². The molecule has 6 rings (SSSR count). The highest BCUT2D eigenvalue weighted by molar-refractivity contribution is 6.12. The normalized spacial score (nSPS) is 11.1. The summed E-state index contributed by atoms with van der Waals surface area (Å²) in [4.78, 5) is 4.80. The lowest BCUT2D eigenvalue weighted by Gasteiger charge is -2.34. The second-order valence-electron chi connectivity index (χ2n) is 10.9. The molecule has 0 unspecified atom stereocenters. The molecule has 0 spiro atoms. The third-order valence-corrected chi connectivity index (χ3v) is 7.85. The molecule has 0 radical (unpaired) electrons. The summed E-state index contributed by atoms with van der Waals surface area (Å²) >= 11 is 0. The van der Waals surface area contributed by atoms with Crippen LogP contribution >= 0.6 is 0 Å². The minimum atomic E-state index is 1.11. The summed E-state index contributed by atoms with van der Waals surface area (Å²) < 4.78 is 0. The van der Waals surface area contributed by atoms with Crippen molar-refractivity contribution in [1.29, 1.82) is 0 Å². The molecule has 0 aliphatic rings. The zero-order chi connectivity index (χ0) is 29.8. The van der Waals surface area contributed by atoms with Gasteiger partial charge in [0.2, 0.25) is 0 Å². The summed E-state index contributed by atoms with van der Waals surface area (Å²) in [6.07, 6.45) is 6.11. The largest absolute Gasteiger partial charge is 0.310 e. The van der Waals surface area contributed by atoms with Gasteiger partial charge in [-0.15, -0.1) is 0 Å². The quantitative estimate of drug-likeness (QED) is 0.172. The first kappa shape index (κ1) is 27.8. The number of allylic oxidation sites excluding steroid dienone is 2. The van der Waals surface area contributed by atoms with E-state index in [9.17, 15) is 0 Å². The van der Waals surface area contributed by atoms with E-state index >= 15 is 0 Å². The van der Waals surface area contributed by atoms with E-state index in [1.54, 1.807) is 0 Å². The number of hydrogen-bond acceptors (Lipinski definition) is 2. The van der Waals surface area contributed by atoms with Crippen LogP contribution in [0.1, 0.15) is 22.3 Å². The number of anilines is 6. The lowest BCUT2D eigenvalue weighted by Crippen LogP contribution is -2.16. The van der Waals surface area contributed by atoms with E-state index in [1.807, 2.05) is 12.2 Å². The number of hydrogen-bond donors (Lipinski definition) is 0. The monoisotopic (exact) mass is 556 g/mol. The van der Waals surface area contributed by atoms with Crippen LogP contribution in [-0.4, -0.2) is 0 Å². The number of para-hydroxylation sites is 2. The first-order valence-corrected chi connectivity index (χ1v) is 14.7. The average molecular weight is 557 g/mol. The molecule has 0 saturated carbocycles. The second-order valence-corrected chi connectivity index (χ2v) is 10.9. The Morgan fingerprint density at radius 1 is 0.488 bits per heavy atom. The van der Waals surface area contributed by atoms with Crippen molar-refractivity contribution in [2.75, 3.05) is 9.80 Å². The summed E-state index contributed by atoms with van der Waals surface area (Å²) in [7, 11) is 0. The van der Waals surface area contributed by atoms with E-state index in [2.05, 4.69) is 177 Å². The van der Waals surface area contributed by atoms with Crippen molar-refractivity contribution in [2.24, 2.45) is 0 Å². The van der Waals surface area contributed by atoms with Crippen molar-refractivity contribution < 1.29 is 0 Å². The van der Waals surface area contributed by atoms with Gasteiger partial charge in [0.05, 0.1) is 11.4 Å². The van der Waals surface area contributed by atoms with Gasteiger partial charge in [-0.2, -0.15) is 0 Å². The topological polar surface area (TPSA) is 6.48 Å². The van der Waals surface area contributed by atoms with Gasteiger partial charge >= 0.3 is 0 Å². The van der Waals surface area contributed by atoms with Crippen molar-refractivity contribution in [1.82, 2.24) is 0 Å². The van der Waals surface area contributed by atoms with Crippen LogP contribution in [0, 0.1) is 20.8 Å². The van der Waals surface area contributed by atoms with E-state index in [1.165, 1.54) is 27.5 Å². The third-order valence-electron chi connectivity index (χ3n) is 7.85. The maximum absolute atomic E-state index is 4.02. The van der Waals surface area contributed by atoms with Gasteiger partial charge in [-0.05, 0) is 86.0 Å². The Morgan fingerprint density at radius 2 is 0.930 bits per heavy atom. The molecule has 2 nitrogen and oxygen atoms in total. The molecule has 0 fully saturated rings. The van der Waals surface area contributed by atoms with Gasteiger partial charge in [0, 0.05) is 39.1 Å². The highest BCUT2D eigenvalue weighted by Crippen LogP contribution is 2.50. The molecule has 0 aromatic heterocycles. The van der Waals surface area contributed by atoms with Crippen LogP contribution in [0.3, 0.4) is 0 Å². The molecular weight excluding hydrogens is 520 g/mol. The fraction of sp³-hybridized carbons (Fsp3) is 0.0732. The van der Waals surface area contributed by atoms with Crippen molar-refractivity contribution in [2.45, 2.75) is 20.8 Å². The molecule has 6 aromatic rings. The summed E-state index contributed by atoms with van der Waals surface area (Å²) in [6, 6.07) is 47.6. The van der Waals surface area contributed by atoms with Crippen LogP contribution in [-0.2, 0) is 0 Å². The first-order chi connectivity index (χ1) is 21.1. The Labute approximate surface area is 255 Å². The van der Waals surface area contributed by atoms with Gasteiger partial charge < -0.3 is 9.80 Å². The van der Waals surface area contributed by atoms with Gasteiger partial charge in [0.25, 0.3) is 0 Å². The Kier molecular flexibility index (Phi) is 7.93. The van der Waals surface area contributed by atoms with Crippen LogP contribution in [0.2, 0.25) is 0 Å². The van der Waals surface area contributed by atoms with Crippen molar-refractivity contribution >= 4 is 51.0 Å². The maximum Gasteiger partial charge on any atom is 0.0616 e. The molecule has 210 valence electrons. The Hall–Kier alpha value is -5.34. The Bertz CT molecular complexity index is 1920. The van der Waals surface area contributed by atoms with Crippen LogP contribution < -0.4 is 9.80 Å². The highest BCUT2D eigenvalue weighted by Gasteiger charge is 2.26. The average Bonchev–Trinajstić information content (AvgIpc) is 3.03. The summed E-state index contributed by atoms with van der Waals surface area (Å²) in [5.74, 6) is 0. The number of fused-ring (bicyclic) bond motifs is 1. The van der Waals surface area contributed by atoms with Crippen molar-refractivity contribution in [3.63, 3.8) is 0 Å². The molecule has 0 N–H and O–H groups in total.